The lowest BCUT2D eigenvalue weighted by Crippen LogP contribution is -2.49. The van der Waals surface area contributed by atoms with Crippen molar-refractivity contribution >= 4 is 39.1 Å². The third kappa shape index (κ3) is 5.32. The molecule has 1 aliphatic rings. The highest BCUT2D eigenvalue weighted by molar-refractivity contribution is 7.88. The van der Waals surface area contributed by atoms with Crippen LogP contribution in [-0.2, 0) is 10.0 Å². The van der Waals surface area contributed by atoms with Crippen LogP contribution in [-0.4, -0.2) is 69.1 Å². The van der Waals surface area contributed by atoms with E-state index >= 15 is 0 Å². The van der Waals surface area contributed by atoms with Gasteiger partial charge in [0.1, 0.15) is 0 Å². The van der Waals surface area contributed by atoms with E-state index in [0.29, 0.717) is 54.9 Å². The van der Waals surface area contributed by atoms with Gasteiger partial charge in [0.2, 0.25) is 10.0 Å². The van der Waals surface area contributed by atoms with E-state index in [1.807, 2.05) is 0 Å². The molecular weight excluding hydrogens is 361 g/mol. The maximum absolute atomic E-state index is 12.0. The third-order valence-electron chi connectivity index (χ3n) is 3.70. The second-order valence-corrected chi connectivity index (χ2v) is 8.19. The van der Waals surface area contributed by atoms with Crippen LogP contribution >= 0.6 is 23.2 Å². The molecule has 0 atom stereocenters. The molecule has 1 fully saturated rings. The van der Waals surface area contributed by atoms with Crippen molar-refractivity contribution in [2.24, 2.45) is 0 Å². The molecule has 1 saturated heterocycles. The Morgan fingerprint density at radius 2 is 1.83 bits per heavy atom. The second kappa shape index (κ2) is 7.81. The lowest BCUT2D eigenvalue weighted by Gasteiger charge is -2.33. The minimum absolute atomic E-state index is 0.210. The zero-order valence-electron chi connectivity index (χ0n) is 12.8. The predicted octanol–water partition coefficient (Wildman–Crippen LogP) is 1.30. The Morgan fingerprint density at radius 3 is 2.39 bits per heavy atom. The fourth-order valence-corrected chi connectivity index (χ4v) is 3.48. The first kappa shape index (κ1) is 18.5. The van der Waals surface area contributed by atoms with Gasteiger partial charge in [-0.1, -0.05) is 23.2 Å². The van der Waals surface area contributed by atoms with Gasteiger partial charge in [-0.25, -0.2) is 8.42 Å². The Morgan fingerprint density at radius 1 is 1.17 bits per heavy atom. The summed E-state index contributed by atoms with van der Waals surface area (Å²) < 4.78 is 24.3. The van der Waals surface area contributed by atoms with Crippen molar-refractivity contribution in [2.75, 3.05) is 45.5 Å². The summed E-state index contributed by atoms with van der Waals surface area (Å²) in [6, 6.07) is 4.74. The maximum Gasteiger partial charge on any atom is 0.251 e. The van der Waals surface area contributed by atoms with Gasteiger partial charge >= 0.3 is 0 Å². The highest BCUT2D eigenvalue weighted by Crippen LogP contribution is 2.22. The SMILES string of the molecule is CS(=O)(=O)N1CCN(CCNC(=O)c2ccc(Cl)c(Cl)c2)CC1. The number of hydrogen-bond donors (Lipinski definition) is 1. The summed E-state index contributed by atoms with van der Waals surface area (Å²) in [5, 5.41) is 3.57. The fraction of sp³-hybridized carbons (Fsp3) is 0.500. The number of piperazine rings is 1. The van der Waals surface area contributed by atoms with Gasteiger partial charge in [0.05, 0.1) is 16.3 Å². The van der Waals surface area contributed by atoms with E-state index in [2.05, 4.69) is 10.2 Å². The van der Waals surface area contributed by atoms with Crippen LogP contribution in [0.3, 0.4) is 0 Å². The molecule has 9 heteroatoms. The number of hydrogen-bond acceptors (Lipinski definition) is 4. The van der Waals surface area contributed by atoms with Crippen molar-refractivity contribution in [3.8, 4) is 0 Å². The van der Waals surface area contributed by atoms with Crippen molar-refractivity contribution < 1.29 is 13.2 Å². The minimum Gasteiger partial charge on any atom is -0.351 e. The summed E-state index contributed by atoms with van der Waals surface area (Å²) >= 11 is 11.7. The lowest BCUT2D eigenvalue weighted by molar-refractivity contribution is 0.0945. The van der Waals surface area contributed by atoms with Crippen LogP contribution in [0.4, 0.5) is 0 Å². The van der Waals surface area contributed by atoms with Gasteiger partial charge in [0.15, 0.2) is 0 Å². The standard InChI is InChI=1S/C14H19Cl2N3O3S/c1-23(21,22)19-8-6-18(7-9-19)5-4-17-14(20)11-2-3-12(15)13(16)10-11/h2-3,10H,4-9H2,1H3,(H,17,20). The number of nitrogens with zero attached hydrogens (tertiary/aromatic N) is 2. The first-order valence-corrected chi connectivity index (χ1v) is 9.78. The quantitative estimate of drug-likeness (QED) is 0.836. The van der Waals surface area contributed by atoms with Crippen LogP contribution < -0.4 is 5.32 Å². The number of halogens is 2. The maximum atomic E-state index is 12.0. The van der Waals surface area contributed by atoms with Crippen LogP contribution in [0, 0.1) is 0 Å². The van der Waals surface area contributed by atoms with Gasteiger partial charge in [-0.15, -0.1) is 0 Å². The summed E-state index contributed by atoms with van der Waals surface area (Å²) in [6.07, 6.45) is 1.22. The van der Waals surface area contributed by atoms with Crippen molar-refractivity contribution in [3.05, 3.63) is 33.8 Å². The molecule has 23 heavy (non-hydrogen) atoms. The lowest BCUT2D eigenvalue weighted by atomic mass is 10.2. The summed E-state index contributed by atoms with van der Waals surface area (Å²) in [7, 11) is -3.11. The number of sulfonamides is 1. The van der Waals surface area contributed by atoms with E-state index in [1.54, 1.807) is 12.1 Å². The Labute approximate surface area is 146 Å². The van der Waals surface area contributed by atoms with Crippen molar-refractivity contribution in [2.45, 2.75) is 0 Å². The van der Waals surface area contributed by atoms with E-state index in [9.17, 15) is 13.2 Å². The molecule has 0 aliphatic carbocycles. The van der Waals surface area contributed by atoms with Gasteiger partial charge < -0.3 is 5.32 Å². The molecule has 0 bridgehead atoms. The van der Waals surface area contributed by atoms with E-state index in [4.69, 9.17) is 23.2 Å². The van der Waals surface area contributed by atoms with Gasteiger partial charge in [0.25, 0.3) is 5.91 Å². The normalized spacial score (nSPS) is 17.2. The van der Waals surface area contributed by atoms with Crippen LogP contribution in [0.25, 0.3) is 0 Å². The molecule has 0 radical (unpaired) electrons. The minimum atomic E-state index is -3.11. The molecule has 1 amide bonds. The Hall–Kier alpha value is -0.860. The van der Waals surface area contributed by atoms with E-state index < -0.39 is 10.0 Å². The number of carbonyl (C=O) groups is 1. The summed E-state index contributed by atoms with van der Waals surface area (Å²) in [5.74, 6) is -0.210. The molecule has 1 aromatic rings. The van der Waals surface area contributed by atoms with Crippen molar-refractivity contribution in [3.63, 3.8) is 0 Å². The smallest absolute Gasteiger partial charge is 0.251 e. The molecule has 1 aromatic carbocycles. The third-order valence-corrected chi connectivity index (χ3v) is 5.74. The average molecular weight is 380 g/mol. The fourth-order valence-electron chi connectivity index (χ4n) is 2.35. The highest BCUT2D eigenvalue weighted by Gasteiger charge is 2.22. The molecule has 0 unspecified atom stereocenters. The van der Waals surface area contributed by atoms with Crippen LogP contribution in [0.5, 0.6) is 0 Å². The highest BCUT2D eigenvalue weighted by atomic mass is 35.5. The van der Waals surface area contributed by atoms with Crippen molar-refractivity contribution in [1.29, 1.82) is 0 Å². The zero-order valence-corrected chi connectivity index (χ0v) is 15.1. The van der Waals surface area contributed by atoms with Crippen molar-refractivity contribution in [1.82, 2.24) is 14.5 Å². The average Bonchev–Trinajstić information content (AvgIpc) is 2.49. The van der Waals surface area contributed by atoms with Crippen LogP contribution in [0.1, 0.15) is 10.4 Å². The molecule has 1 N–H and O–H groups in total. The van der Waals surface area contributed by atoms with Gasteiger partial charge in [-0.2, -0.15) is 4.31 Å². The summed E-state index contributed by atoms with van der Waals surface area (Å²) in [4.78, 5) is 14.1. The molecular formula is C14H19Cl2N3O3S. The van der Waals surface area contributed by atoms with Crippen LogP contribution in [0.15, 0.2) is 18.2 Å². The van der Waals surface area contributed by atoms with Gasteiger partial charge in [-0.05, 0) is 18.2 Å². The molecule has 128 valence electrons. The topological polar surface area (TPSA) is 69.7 Å². The Balaban J connectivity index is 1.75. The van der Waals surface area contributed by atoms with E-state index in [1.165, 1.54) is 16.6 Å². The Kier molecular flexibility index (Phi) is 6.27. The molecule has 0 aromatic heterocycles. The predicted molar refractivity (Wildman–Crippen MR) is 91.7 cm³/mol. The largest absolute Gasteiger partial charge is 0.351 e. The first-order valence-electron chi connectivity index (χ1n) is 7.18. The molecule has 2 rings (SSSR count). The monoisotopic (exact) mass is 379 g/mol. The van der Waals surface area contributed by atoms with Gasteiger partial charge in [0, 0.05) is 44.8 Å². The molecule has 1 aliphatic heterocycles. The number of amides is 1. The number of carbonyl (C=O) groups excluding carboxylic acids is 1. The first-order chi connectivity index (χ1) is 10.8. The van der Waals surface area contributed by atoms with E-state index in [-0.39, 0.29) is 5.91 Å². The zero-order chi connectivity index (χ0) is 17.0. The number of rotatable bonds is 5. The number of benzene rings is 1. The van der Waals surface area contributed by atoms with Gasteiger partial charge in [-0.3, -0.25) is 9.69 Å². The summed E-state index contributed by atoms with van der Waals surface area (Å²) in [5.41, 5.74) is 0.460. The summed E-state index contributed by atoms with van der Waals surface area (Å²) in [6.45, 7) is 3.45. The molecule has 0 saturated carbocycles. The van der Waals surface area contributed by atoms with Crippen LogP contribution in [0.2, 0.25) is 10.0 Å². The molecule has 6 nitrogen and oxygen atoms in total. The second-order valence-electron chi connectivity index (χ2n) is 5.39. The number of nitrogens with one attached hydrogen (secondary N) is 1. The molecule has 0 spiro atoms. The Bertz CT molecular complexity index is 674. The van der Waals surface area contributed by atoms with E-state index in [0.717, 1.165) is 0 Å². The molecule has 1 heterocycles.